The Bertz CT molecular complexity index is 1030. The Morgan fingerprint density at radius 3 is 2.50 bits per heavy atom. The van der Waals surface area contributed by atoms with Crippen LogP contribution in [0, 0.1) is 30.9 Å². The molecular formula is C19H17N3O4. The fraction of sp³-hybridized carbons (Fsp3) is 0.158. The number of hydrogen-bond donors (Lipinski definition) is 1. The van der Waals surface area contributed by atoms with Gasteiger partial charge in [0, 0.05) is 23.1 Å². The first-order valence-electron chi connectivity index (χ1n) is 7.94. The quantitative estimate of drug-likeness (QED) is 0.436. The van der Waals surface area contributed by atoms with Gasteiger partial charge in [0.1, 0.15) is 5.58 Å². The molecule has 0 atom stereocenters. The number of aryl methyl sites for hydroxylation is 3. The van der Waals surface area contributed by atoms with Crippen LogP contribution in [0.3, 0.4) is 0 Å². The average molecular weight is 351 g/mol. The Morgan fingerprint density at radius 2 is 1.85 bits per heavy atom. The minimum atomic E-state index is -0.525. The van der Waals surface area contributed by atoms with E-state index in [1.54, 1.807) is 6.21 Å². The number of hydrogen-bond acceptors (Lipinski definition) is 5. The number of nitrogens with one attached hydrogen (secondary N) is 1. The summed E-state index contributed by atoms with van der Waals surface area (Å²) in [4.78, 5) is 22.5. The molecule has 7 heteroatoms. The number of carbonyl (C=O) groups is 1. The largest absolute Gasteiger partial charge is 0.451 e. The van der Waals surface area contributed by atoms with Crippen molar-refractivity contribution < 1.29 is 14.1 Å². The maximum absolute atomic E-state index is 12.2. The highest BCUT2D eigenvalue weighted by molar-refractivity contribution is 5.97. The molecule has 0 radical (unpaired) electrons. The third-order valence-electron chi connectivity index (χ3n) is 4.03. The Hall–Kier alpha value is -3.48. The van der Waals surface area contributed by atoms with Gasteiger partial charge in [-0.3, -0.25) is 14.9 Å². The molecule has 0 aliphatic rings. The van der Waals surface area contributed by atoms with E-state index in [2.05, 4.69) is 10.5 Å². The second kappa shape index (κ2) is 6.79. The number of nitro groups is 1. The lowest BCUT2D eigenvalue weighted by Gasteiger charge is -2.06. The van der Waals surface area contributed by atoms with Gasteiger partial charge in [-0.1, -0.05) is 17.7 Å². The molecule has 1 heterocycles. The average Bonchev–Trinajstić information content (AvgIpc) is 3.00. The van der Waals surface area contributed by atoms with E-state index in [0.29, 0.717) is 11.0 Å². The monoisotopic (exact) mass is 351 g/mol. The van der Waals surface area contributed by atoms with Crippen molar-refractivity contribution in [2.45, 2.75) is 20.8 Å². The van der Waals surface area contributed by atoms with Gasteiger partial charge in [-0.15, -0.1) is 0 Å². The maximum atomic E-state index is 12.2. The minimum Gasteiger partial charge on any atom is -0.451 e. The predicted octanol–water partition coefficient (Wildman–Crippen LogP) is 4.03. The van der Waals surface area contributed by atoms with Gasteiger partial charge < -0.3 is 4.42 Å². The molecule has 0 bridgehead atoms. The van der Waals surface area contributed by atoms with Crippen molar-refractivity contribution in [1.82, 2.24) is 5.43 Å². The number of hydrazone groups is 1. The number of rotatable bonds is 4. The summed E-state index contributed by atoms with van der Waals surface area (Å²) in [6.07, 6.45) is 1.59. The standard InChI is InChI=1S/C19H17N3O4/c1-11-6-12(2)16(13(3)7-11)10-20-21-19(23)18-9-14-8-15(22(24)25)4-5-17(14)26-18/h4-10H,1-3H3,(H,21,23)/b20-10-. The normalized spacial score (nSPS) is 11.2. The Balaban J connectivity index is 1.78. The van der Waals surface area contributed by atoms with Crippen molar-refractivity contribution in [3.63, 3.8) is 0 Å². The molecule has 7 nitrogen and oxygen atoms in total. The molecule has 1 amide bonds. The zero-order valence-corrected chi connectivity index (χ0v) is 14.6. The van der Waals surface area contributed by atoms with Gasteiger partial charge in [-0.05, 0) is 44.0 Å². The molecular weight excluding hydrogens is 334 g/mol. The Morgan fingerprint density at radius 1 is 1.15 bits per heavy atom. The third kappa shape index (κ3) is 3.46. The Labute approximate surface area is 149 Å². The van der Waals surface area contributed by atoms with Crippen molar-refractivity contribution in [1.29, 1.82) is 0 Å². The molecule has 0 unspecified atom stereocenters. The van der Waals surface area contributed by atoms with Gasteiger partial charge in [0.2, 0.25) is 0 Å². The lowest BCUT2D eigenvalue weighted by Crippen LogP contribution is -2.17. The molecule has 1 aromatic heterocycles. The van der Waals surface area contributed by atoms with Crippen LogP contribution in [0.15, 0.2) is 45.9 Å². The topological polar surface area (TPSA) is 97.7 Å². The van der Waals surface area contributed by atoms with Crippen molar-refractivity contribution in [3.05, 3.63) is 74.5 Å². The molecule has 0 fully saturated rings. The number of nitro benzene ring substituents is 1. The lowest BCUT2D eigenvalue weighted by atomic mass is 10.0. The van der Waals surface area contributed by atoms with Gasteiger partial charge in [0.05, 0.1) is 11.1 Å². The van der Waals surface area contributed by atoms with Crippen LogP contribution < -0.4 is 5.43 Å². The van der Waals surface area contributed by atoms with Gasteiger partial charge in [0.15, 0.2) is 5.76 Å². The molecule has 0 aliphatic carbocycles. The van der Waals surface area contributed by atoms with E-state index >= 15 is 0 Å². The van der Waals surface area contributed by atoms with Crippen molar-refractivity contribution >= 4 is 28.8 Å². The zero-order valence-electron chi connectivity index (χ0n) is 14.6. The highest BCUT2D eigenvalue weighted by Gasteiger charge is 2.14. The first-order chi connectivity index (χ1) is 12.3. The molecule has 2 aromatic carbocycles. The molecule has 0 saturated carbocycles. The van der Waals surface area contributed by atoms with Crippen molar-refractivity contribution in [2.24, 2.45) is 5.10 Å². The number of carbonyl (C=O) groups excluding carboxylic acids is 1. The summed E-state index contributed by atoms with van der Waals surface area (Å²) < 4.78 is 5.42. The van der Waals surface area contributed by atoms with E-state index in [1.165, 1.54) is 24.3 Å². The number of amides is 1. The van der Waals surface area contributed by atoms with E-state index in [1.807, 2.05) is 32.9 Å². The van der Waals surface area contributed by atoms with Crippen LogP contribution in [0.5, 0.6) is 0 Å². The molecule has 3 aromatic rings. The van der Waals surface area contributed by atoms with E-state index in [0.717, 1.165) is 22.3 Å². The summed E-state index contributed by atoms with van der Waals surface area (Å²) >= 11 is 0. The number of benzene rings is 2. The summed E-state index contributed by atoms with van der Waals surface area (Å²) in [5.41, 5.74) is 6.99. The fourth-order valence-corrected chi connectivity index (χ4v) is 2.86. The molecule has 0 aliphatic heterocycles. The van der Waals surface area contributed by atoms with Gasteiger partial charge >= 0.3 is 5.91 Å². The summed E-state index contributed by atoms with van der Waals surface area (Å²) in [7, 11) is 0. The van der Waals surface area contributed by atoms with Gasteiger partial charge in [0.25, 0.3) is 5.69 Å². The van der Waals surface area contributed by atoms with Crippen LogP contribution in [0.1, 0.15) is 32.8 Å². The highest BCUT2D eigenvalue weighted by Crippen LogP contribution is 2.24. The van der Waals surface area contributed by atoms with E-state index in [9.17, 15) is 14.9 Å². The smallest absolute Gasteiger partial charge is 0.307 e. The van der Waals surface area contributed by atoms with Crippen LogP contribution in [0.25, 0.3) is 11.0 Å². The van der Waals surface area contributed by atoms with E-state index in [-0.39, 0.29) is 11.4 Å². The lowest BCUT2D eigenvalue weighted by molar-refractivity contribution is -0.384. The summed E-state index contributed by atoms with van der Waals surface area (Å²) in [5.74, 6) is -0.488. The maximum Gasteiger partial charge on any atom is 0.307 e. The Kier molecular flexibility index (Phi) is 4.53. The molecule has 26 heavy (non-hydrogen) atoms. The first kappa shape index (κ1) is 17.3. The van der Waals surface area contributed by atoms with Crippen molar-refractivity contribution in [3.8, 4) is 0 Å². The number of nitrogens with zero attached hydrogens (tertiary/aromatic N) is 2. The number of furan rings is 1. The van der Waals surface area contributed by atoms with E-state index in [4.69, 9.17) is 4.42 Å². The number of non-ortho nitro benzene ring substituents is 1. The molecule has 3 rings (SSSR count). The molecule has 1 N–H and O–H groups in total. The van der Waals surface area contributed by atoms with Crippen LogP contribution >= 0.6 is 0 Å². The fourth-order valence-electron chi connectivity index (χ4n) is 2.86. The molecule has 132 valence electrons. The minimum absolute atomic E-state index is 0.0370. The predicted molar refractivity (Wildman–Crippen MR) is 98.6 cm³/mol. The first-order valence-corrected chi connectivity index (χ1v) is 7.94. The van der Waals surface area contributed by atoms with Gasteiger partial charge in [-0.2, -0.15) is 5.10 Å². The van der Waals surface area contributed by atoms with E-state index < -0.39 is 10.8 Å². The second-order valence-electron chi connectivity index (χ2n) is 6.10. The summed E-state index contributed by atoms with van der Waals surface area (Å²) in [6.45, 7) is 5.99. The van der Waals surface area contributed by atoms with Gasteiger partial charge in [-0.25, -0.2) is 5.43 Å². The second-order valence-corrected chi connectivity index (χ2v) is 6.10. The van der Waals surface area contributed by atoms with Crippen LogP contribution in [-0.4, -0.2) is 17.0 Å². The summed E-state index contributed by atoms with van der Waals surface area (Å²) in [6, 6.07) is 9.69. The van der Waals surface area contributed by atoms with Crippen LogP contribution in [-0.2, 0) is 0 Å². The number of fused-ring (bicyclic) bond motifs is 1. The molecule has 0 spiro atoms. The zero-order chi connectivity index (χ0) is 18.8. The molecule has 0 saturated heterocycles. The summed E-state index contributed by atoms with van der Waals surface area (Å²) in [5, 5.41) is 15.3. The SMILES string of the molecule is Cc1cc(C)c(/C=N\NC(=O)c2cc3cc([N+](=O)[O-])ccc3o2)c(C)c1. The van der Waals surface area contributed by atoms with Crippen LogP contribution in [0.4, 0.5) is 5.69 Å². The van der Waals surface area contributed by atoms with Crippen molar-refractivity contribution in [2.75, 3.05) is 0 Å². The van der Waals surface area contributed by atoms with Crippen LogP contribution in [0.2, 0.25) is 0 Å². The highest BCUT2D eigenvalue weighted by atomic mass is 16.6. The third-order valence-corrected chi connectivity index (χ3v) is 4.03.